The van der Waals surface area contributed by atoms with Gasteiger partial charge in [-0.2, -0.15) is 0 Å². The zero-order valence-corrected chi connectivity index (χ0v) is 21.0. The molecule has 0 bridgehead atoms. The van der Waals surface area contributed by atoms with E-state index in [0.717, 1.165) is 35.6 Å². The molecule has 0 saturated carbocycles. The molecule has 0 radical (unpaired) electrons. The summed E-state index contributed by atoms with van der Waals surface area (Å²) in [5.41, 5.74) is 4.62. The maximum absolute atomic E-state index is 12.8. The molecule has 176 valence electrons. The highest BCUT2D eigenvalue weighted by Crippen LogP contribution is 2.23. The van der Waals surface area contributed by atoms with Crippen LogP contribution in [-0.2, 0) is 22.5 Å². The number of aryl methyl sites for hydroxylation is 2. The Kier molecular flexibility index (Phi) is 7.64. The van der Waals surface area contributed by atoms with Crippen molar-refractivity contribution in [3.63, 3.8) is 0 Å². The molecule has 0 atom stereocenters. The number of Topliss-reactive ketones (excluding diaryl/α,β-unsaturated/α-hetero) is 1. The van der Waals surface area contributed by atoms with Crippen molar-refractivity contribution in [1.29, 1.82) is 0 Å². The Morgan fingerprint density at radius 3 is 2.74 bits per heavy atom. The van der Waals surface area contributed by atoms with Gasteiger partial charge in [0.1, 0.15) is 6.33 Å². The predicted octanol–water partition coefficient (Wildman–Crippen LogP) is 4.88. The van der Waals surface area contributed by atoms with Crippen LogP contribution in [0.2, 0.25) is 0 Å². The third-order valence-electron chi connectivity index (χ3n) is 5.60. The van der Waals surface area contributed by atoms with Crippen molar-refractivity contribution in [3.05, 3.63) is 81.6 Å². The van der Waals surface area contributed by atoms with Gasteiger partial charge in [-0.15, -0.1) is 21.5 Å². The van der Waals surface area contributed by atoms with Crippen molar-refractivity contribution in [2.45, 2.75) is 38.9 Å². The van der Waals surface area contributed by atoms with Gasteiger partial charge in [-0.3, -0.25) is 14.2 Å². The van der Waals surface area contributed by atoms with Crippen molar-refractivity contribution in [2.24, 2.45) is 0 Å². The van der Waals surface area contributed by atoms with Gasteiger partial charge in [-0.1, -0.05) is 43.0 Å². The van der Waals surface area contributed by atoms with E-state index in [9.17, 15) is 9.59 Å². The van der Waals surface area contributed by atoms with E-state index < -0.39 is 5.97 Å². The van der Waals surface area contributed by atoms with E-state index in [1.165, 1.54) is 16.6 Å². The van der Waals surface area contributed by atoms with E-state index in [4.69, 9.17) is 4.74 Å². The van der Waals surface area contributed by atoms with Crippen LogP contribution in [0.1, 0.15) is 39.1 Å². The Morgan fingerprint density at radius 2 is 1.97 bits per heavy atom. The van der Waals surface area contributed by atoms with Gasteiger partial charge in [0, 0.05) is 21.8 Å². The monoisotopic (exact) mass is 494 g/mol. The molecule has 0 spiro atoms. The first-order valence-corrected chi connectivity index (χ1v) is 12.8. The smallest absolute Gasteiger partial charge is 0.316 e. The summed E-state index contributed by atoms with van der Waals surface area (Å²) in [7, 11) is 0. The number of hydrogen-bond acceptors (Lipinski definition) is 7. The van der Waals surface area contributed by atoms with Gasteiger partial charge in [-0.25, -0.2) is 0 Å². The van der Waals surface area contributed by atoms with E-state index >= 15 is 0 Å². The maximum Gasteiger partial charge on any atom is 0.316 e. The average molecular weight is 495 g/mol. The summed E-state index contributed by atoms with van der Waals surface area (Å²) in [6.45, 7) is 6.43. The Labute approximate surface area is 206 Å². The highest BCUT2D eigenvalue weighted by Gasteiger charge is 2.19. The van der Waals surface area contributed by atoms with E-state index in [1.54, 1.807) is 17.7 Å². The van der Waals surface area contributed by atoms with Crippen LogP contribution in [-0.4, -0.2) is 43.4 Å². The maximum atomic E-state index is 12.8. The summed E-state index contributed by atoms with van der Waals surface area (Å²) in [5.74, 6) is -0.634. The number of benzene rings is 1. The molecule has 3 heterocycles. The summed E-state index contributed by atoms with van der Waals surface area (Å²) in [4.78, 5) is 26.3. The molecule has 34 heavy (non-hydrogen) atoms. The number of carbonyl (C=O) groups excluding carboxylic acids is 2. The van der Waals surface area contributed by atoms with Crippen LogP contribution in [0, 0.1) is 13.8 Å². The van der Waals surface area contributed by atoms with Crippen LogP contribution < -0.4 is 0 Å². The topological polar surface area (TPSA) is 79.0 Å². The van der Waals surface area contributed by atoms with Crippen molar-refractivity contribution >= 4 is 34.9 Å². The van der Waals surface area contributed by atoms with Gasteiger partial charge in [0.15, 0.2) is 11.8 Å². The van der Waals surface area contributed by atoms with Crippen molar-refractivity contribution in [3.8, 4) is 5.69 Å². The quantitative estimate of drug-likeness (QED) is 0.178. The fraction of sp³-hybridized carbons (Fsp3) is 0.280. The second-order valence-corrected chi connectivity index (χ2v) is 9.76. The lowest BCUT2D eigenvalue weighted by atomic mass is 10.1. The standard InChI is InChI=1S/C25H26N4O3S2/c1-4-19-8-5-6-10-22(19)29-16-26-27-25(29)34-15-24(31)32-14-23(30)21-12-17(2)28(18(21)3)13-20-9-7-11-33-20/h5-12,16H,4,13-15H2,1-3H3. The van der Waals surface area contributed by atoms with Crippen LogP contribution in [0.15, 0.2) is 59.3 Å². The van der Waals surface area contributed by atoms with Gasteiger partial charge in [0.05, 0.1) is 18.0 Å². The molecule has 0 aliphatic heterocycles. The Morgan fingerprint density at radius 1 is 1.15 bits per heavy atom. The van der Waals surface area contributed by atoms with Crippen LogP contribution in [0.5, 0.6) is 0 Å². The molecule has 7 nitrogen and oxygen atoms in total. The van der Waals surface area contributed by atoms with E-state index in [2.05, 4.69) is 33.8 Å². The summed E-state index contributed by atoms with van der Waals surface area (Å²) < 4.78 is 9.26. The largest absolute Gasteiger partial charge is 0.457 e. The number of hydrogen-bond donors (Lipinski definition) is 0. The second-order valence-electron chi connectivity index (χ2n) is 7.79. The number of esters is 1. The number of rotatable bonds is 10. The number of thiophene rings is 1. The molecule has 0 saturated heterocycles. The molecule has 9 heteroatoms. The highest BCUT2D eigenvalue weighted by molar-refractivity contribution is 7.99. The summed E-state index contributed by atoms with van der Waals surface area (Å²) in [6.07, 6.45) is 2.51. The lowest BCUT2D eigenvalue weighted by molar-refractivity contribution is -0.139. The molecule has 0 amide bonds. The van der Waals surface area contributed by atoms with Gasteiger partial charge < -0.3 is 9.30 Å². The number of ether oxygens (including phenoxy) is 1. The zero-order chi connectivity index (χ0) is 24.1. The van der Waals surface area contributed by atoms with Crippen LogP contribution in [0.25, 0.3) is 5.69 Å². The normalized spacial score (nSPS) is 11.0. The van der Waals surface area contributed by atoms with E-state index in [-0.39, 0.29) is 18.1 Å². The molecular weight excluding hydrogens is 468 g/mol. The predicted molar refractivity (Wildman–Crippen MR) is 134 cm³/mol. The zero-order valence-electron chi connectivity index (χ0n) is 19.4. The highest BCUT2D eigenvalue weighted by atomic mass is 32.2. The number of ketones is 1. The fourth-order valence-electron chi connectivity index (χ4n) is 3.81. The molecular formula is C25H26N4O3S2. The number of carbonyl (C=O) groups is 2. The number of para-hydroxylation sites is 1. The van der Waals surface area contributed by atoms with Gasteiger partial charge in [0.2, 0.25) is 5.78 Å². The van der Waals surface area contributed by atoms with Gasteiger partial charge in [0.25, 0.3) is 0 Å². The molecule has 3 aromatic heterocycles. The summed E-state index contributed by atoms with van der Waals surface area (Å²) >= 11 is 2.92. The van der Waals surface area contributed by atoms with Gasteiger partial charge >= 0.3 is 5.97 Å². The SMILES string of the molecule is CCc1ccccc1-n1cnnc1SCC(=O)OCC(=O)c1cc(C)n(Cc2cccs2)c1C. The molecule has 0 N–H and O–H groups in total. The lowest BCUT2D eigenvalue weighted by Gasteiger charge is -2.10. The Bertz CT molecular complexity index is 1290. The molecule has 0 fully saturated rings. The number of thioether (sulfide) groups is 1. The van der Waals surface area contributed by atoms with Gasteiger partial charge in [-0.05, 0) is 49.4 Å². The van der Waals surface area contributed by atoms with Crippen LogP contribution >= 0.6 is 23.1 Å². The summed E-state index contributed by atoms with van der Waals surface area (Å²) in [6, 6.07) is 14.0. The third-order valence-corrected chi connectivity index (χ3v) is 7.38. The van der Waals surface area contributed by atoms with Crippen LogP contribution in [0.4, 0.5) is 0 Å². The minimum absolute atomic E-state index is 0.0394. The Hall–Kier alpha value is -3.17. The van der Waals surface area contributed by atoms with Crippen molar-refractivity contribution in [1.82, 2.24) is 19.3 Å². The average Bonchev–Trinajstić information content (AvgIpc) is 3.59. The molecule has 0 aliphatic rings. The number of nitrogens with zero attached hydrogens (tertiary/aromatic N) is 4. The van der Waals surface area contributed by atoms with E-state index in [1.807, 2.05) is 54.1 Å². The van der Waals surface area contributed by atoms with E-state index in [0.29, 0.717) is 10.7 Å². The minimum atomic E-state index is -0.468. The number of aromatic nitrogens is 4. The van der Waals surface area contributed by atoms with Crippen molar-refractivity contribution in [2.75, 3.05) is 12.4 Å². The van der Waals surface area contributed by atoms with Crippen LogP contribution in [0.3, 0.4) is 0 Å². The molecule has 4 aromatic rings. The first-order chi connectivity index (χ1) is 16.5. The second kappa shape index (κ2) is 10.8. The minimum Gasteiger partial charge on any atom is -0.457 e. The fourth-order valence-corrected chi connectivity index (χ4v) is 5.22. The summed E-state index contributed by atoms with van der Waals surface area (Å²) in [5, 5.41) is 10.8. The Balaban J connectivity index is 1.34. The van der Waals surface area contributed by atoms with Crippen molar-refractivity contribution < 1.29 is 14.3 Å². The lowest BCUT2D eigenvalue weighted by Crippen LogP contribution is -2.16. The molecule has 0 unspecified atom stereocenters. The first-order valence-electron chi connectivity index (χ1n) is 11.0. The first kappa shape index (κ1) is 24.0. The third kappa shape index (κ3) is 5.31. The molecule has 4 rings (SSSR count). The molecule has 1 aromatic carbocycles. The molecule has 0 aliphatic carbocycles.